The Balaban J connectivity index is 1.70. The van der Waals surface area contributed by atoms with Crippen molar-refractivity contribution in [1.82, 2.24) is 9.99 Å². The topological polar surface area (TPSA) is 45.6 Å². The maximum absolute atomic E-state index is 14.3. The van der Waals surface area contributed by atoms with Crippen LogP contribution in [-0.2, 0) is 11.2 Å². The van der Waals surface area contributed by atoms with E-state index in [9.17, 15) is 9.18 Å². The van der Waals surface area contributed by atoms with Gasteiger partial charge in [-0.15, -0.1) is 0 Å². The molecule has 0 fully saturated rings. The fourth-order valence-corrected chi connectivity index (χ4v) is 3.42. The number of rotatable bonds is 9. The lowest BCUT2D eigenvalue weighted by Crippen LogP contribution is -2.21. The molecule has 3 rings (SSSR count). The molecular formula is C22H26FN3O. The Kier molecular flexibility index (Phi) is 6.69. The molecule has 27 heavy (non-hydrogen) atoms. The second-order valence-electron chi connectivity index (χ2n) is 6.94. The van der Waals surface area contributed by atoms with Crippen LogP contribution >= 0.6 is 0 Å². The standard InChI is InChI=1S/C22H26FN3O/c1-2-3-6-14-26-21(18-9-4-5-10-19(18)23)15-20(25-26)22(27)12-11-17-8-7-13-24-16-17/h4-5,7-10,13,16,21H,2-3,6,11-12,14-15H2,1H3. The van der Waals surface area contributed by atoms with Crippen LogP contribution in [0, 0.1) is 5.82 Å². The molecular weight excluding hydrogens is 341 g/mol. The van der Waals surface area contributed by atoms with E-state index in [-0.39, 0.29) is 17.6 Å². The lowest BCUT2D eigenvalue weighted by atomic mass is 9.97. The van der Waals surface area contributed by atoms with Gasteiger partial charge in [0.05, 0.1) is 6.04 Å². The van der Waals surface area contributed by atoms with E-state index in [1.54, 1.807) is 24.5 Å². The van der Waals surface area contributed by atoms with E-state index < -0.39 is 0 Å². The minimum Gasteiger partial charge on any atom is -0.293 e. The summed E-state index contributed by atoms with van der Waals surface area (Å²) in [6.07, 6.45) is 8.21. The van der Waals surface area contributed by atoms with Gasteiger partial charge in [0.1, 0.15) is 11.5 Å². The van der Waals surface area contributed by atoms with Gasteiger partial charge in [0.2, 0.25) is 0 Å². The van der Waals surface area contributed by atoms with Crippen LogP contribution in [0.1, 0.15) is 56.2 Å². The van der Waals surface area contributed by atoms with Gasteiger partial charge in [-0.05, 0) is 30.5 Å². The molecule has 0 amide bonds. The average molecular weight is 367 g/mol. The third kappa shape index (κ3) is 5.00. The molecule has 2 heterocycles. The van der Waals surface area contributed by atoms with Crippen molar-refractivity contribution in [1.29, 1.82) is 0 Å². The molecule has 0 saturated heterocycles. The zero-order chi connectivity index (χ0) is 19.1. The Hall–Kier alpha value is -2.56. The molecule has 1 aromatic carbocycles. The zero-order valence-electron chi connectivity index (χ0n) is 15.8. The SMILES string of the molecule is CCCCCN1N=C(C(=O)CCc2cccnc2)CC1c1ccccc1F. The van der Waals surface area contributed by atoms with Crippen LogP contribution in [0.4, 0.5) is 4.39 Å². The van der Waals surface area contributed by atoms with Crippen LogP contribution in [0.3, 0.4) is 0 Å². The van der Waals surface area contributed by atoms with Gasteiger partial charge in [-0.2, -0.15) is 5.10 Å². The fourth-order valence-electron chi connectivity index (χ4n) is 3.42. The number of halogens is 1. The Morgan fingerprint density at radius 1 is 1.22 bits per heavy atom. The smallest absolute Gasteiger partial charge is 0.179 e. The van der Waals surface area contributed by atoms with Crippen LogP contribution in [-0.4, -0.2) is 28.0 Å². The van der Waals surface area contributed by atoms with Crippen molar-refractivity contribution in [3.8, 4) is 0 Å². The van der Waals surface area contributed by atoms with Gasteiger partial charge in [0.15, 0.2) is 5.78 Å². The van der Waals surface area contributed by atoms with Gasteiger partial charge in [-0.1, -0.05) is 44.0 Å². The molecule has 0 aliphatic carbocycles. The summed E-state index contributed by atoms with van der Waals surface area (Å²) >= 11 is 0. The molecule has 4 nitrogen and oxygen atoms in total. The Morgan fingerprint density at radius 2 is 2.07 bits per heavy atom. The zero-order valence-corrected chi connectivity index (χ0v) is 15.8. The molecule has 142 valence electrons. The van der Waals surface area contributed by atoms with Crippen molar-refractivity contribution in [3.05, 3.63) is 65.7 Å². The Bertz CT molecular complexity index is 791. The normalized spacial score (nSPS) is 16.4. The number of benzene rings is 1. The van der Waals surface area contributed by atoms with Crippen molar-refractivity contribution in [3.63, 3.8) is 0 Å². The lowest BCUT2D eigenvalue weighted by molar-refractivity contribution is -0.113. The van der Waals surface area contributed by atoms with Crippen molar-refractivity contribution < 1.29 is 9.18 Å². The van der Waals surface area contributed by atoms with Crippen molar-refractivity contribution in [2.45, 2.75) is 51.5 Å². The first-order valence-corrected chi connectivity index (χ1v) is 9.69. The third-order valence-electron chi connectivity index (χ3n) is 4.94. The minimum atomic E-state index is -0.234. The molecule has 0 bridgehead atoms. The highest BCUT2D eigenvalue weighted by molar-refractivity contribution is 6.40. The number of hydrogen-bond donors (Lipinski definition) is 0. The molecule has 0 spiro atoms. The van der Waals surface area contributed by atoms with Gasteiger partial charge in [-0.25, -0.2) is 4.39 Å². The van der Waals surface area contributed by atoms with Crippen molar-refractivity contribution >= 4 is 11.5 Å². The fraction of sp³-hybridized carbons (Fsp3) is 0.409. The second-order valence-corrected chi connectivity index (χ2v) is 6.94. The predicted octanol–water partition coefficient (Wildman–Crippen LogP) is 4.72. The Morgan fingerprint density at radius 3 is 2.81 bits per heavy atom. The first-order valence-electron chi connectivity index (χ1n) is 9.69. The number of pyridine rings is 1. The van der Waals surface area contributed by atoms with E-state index in [0.29, 0.717) is 30.5 Å². The number of carbonyl (C=O) groups excluding carboxylic acids is 1. The first kappa shape index (κ1) is 19.2. The summed E-state index contributed by atoms with van der Waals surface area (Å²) in [6, 6.07) is 10.4. The van der Waals surface area contributed by atoms with E-state index in [1.807, 2.05) is 23.2 Å². The Labute approximate surface area is 160 Å². The summed E-state index contributed by atoms with van der Waals surface area (Å²) in [5.74, 6) is -0.194. The number of ketones is 1. The van der Waals surface area contributed by atoms with Crippen LogP contribution in [0.15, 0.2) is 53.9 Å². The maximum atomic E-state index is 14.3. The van der Waals surface area contributed by atoms with Gasteiger partial charge >= 0.3 is 0 Å². The minimum absolute atomic E-state index is 0.0400. The maximum Gasteiger partial charge on any atom is 0.179 e. The molecule has 0 radical (unpaired) electrons. The summed E-state index contributed by atoms with van der Waals surface area (Å²) < 4.78 is 14.3. The number of aryl methyl sites for hydroxylation is 1. The van der Waals surface area contributed by atoms with Gasteiger partial charge < -0.3 is 0 Å². The van der Waals surface area contributed by atoms with Crippen LogP contribution in [0.2, 0.25) is 0 Å². The quantitative estimate of drug-likeness (QED) is 0.603. The molecule has 1 aliphatic heterocycles. The molecule has 0 N–H and O–H groups in total. The number of carbonyl (C=O) groups is 1. The van der Waals surface area contributed by atoms with E-state index in [2.05, 4.69) is 17.0 Å². The van der Waals surface area contributed by atoms with Crippen LogP contribution < -0.4 is 0 Å². The highest BCUT2D eigenvalue weighted by atomic mass is 19.1. The number of aromatic nitrogens is 1. The third-order valence-corrected chi connectivity index (χ3v) is 4.94. The monoisotopic (exact) mass is 367 g/mol. The van der Waals surface area contributed by atoms with E-state index in [1.165, 1.54) is 6.07 Å². The van der Waals surface area contributed by atoms with Gasteiger partial charge in [0.25, 0.3) is 0 Å². The van der Waals surface area contributed by atoms with E-state index in [4.69, 9.17) is 0 Å². The molecule has 0 saturated carbocycles. The van der Waals surface area contributed by atoms with E-state index >= 15 is 0 Å². The predicted molar refractivity (Wildman–Crippen MR) is 105 cm³/mol. The van der Waals surface area contributed by atoms with E-state index in [0.717, 1.165) is 31.4 Å². The summed E-state index contributed by atoms with van der Waals surface area (Å²) in [5.41, 5.74) is 2.21. The molecule has 1 unspecified atom stereocenters. The van der Waals surface area contributed by atoms with Crippen molar-refractivity contribution in [2.24, 2.45) is 5.10 Å². The number of Topliss-reactive ketones (excluding diaryl/α,β-unsaturated/α-hetero) is 1. The number of hydrazone groups is 1. The number of unbranched alkanes of at least 4 members (excludes halogenated alkanes) is 2. The summed E-state index contributed by atoms with van der Waals surface area (Å²) in [7, 11) is 0. The summed E-state index contributed by atoms with van der Waals surface area (Å²) in [4.78, 5) is 16.8. The van der Waals surface area contributed by atoms with Gasteiger partial charge in [-0.3, -0.25) is 14.8 Å². The number of nitrogens with zero attached hydrogens (tertiary/aromatic N) is 3. The largest absolute Gasteiger partial charge is 0.293 e. The molecule has 1 atom stereocenters. The average Bonchev–Trinajstić information content (AvgIpc) is 3.11. The highest BCUT2D eigenvalue weighted by Gasteiger charge is 2.32. The highest BCUT2D eigenvalue weighted by Crippen LogP contribution is 2.33. The summed E-state index contributed by atoms with van der Waals surface area (Å²) in [5, 5.41) is 6.50. The lowest BCUT2D eigenvalue weighted by Gasteiger charge is -2.24. The first-order chi connectivity index (χ1) is 13.2. The molecule has 5 heteroatoms. The molecule has 1 aromatic heterocycles. The number of hydrogen-bond acceptors (Lipinski definition) is 4. The molecule has 1 aliphatic rings. The van der Waals surface area contributed by atoms with Gasteiger partial charge in [0, 0.05) is 37.3 Å². The summed E-state index contributed by atoms with van der Waals surface area (Å²) in [6.45, 7) is 2.89. The molecule has 2 aromatic rings. The van der Waals surface area contributed by atoms with Crippen LogP contribution in [0.5, 0.6) is 0 Å². The van der Waals surface area contributed by atoms with Crippen molar-refractivity contribution in [2.75, 3.05) is 6.54 Å². The second kappa shape index (κ2) is 9.40. The van der Waals surface area contributed by atoms with Crippen LogP contribution in [0.25, 0.3) is 0 Å².